The predicted molar refractivity (Wildman–Crippen MR) is 51.0 cm³/mol. The smallest absolute Gasteiger partial charge is 0.158 e. The molecule has 1 atom stereocenters. The minimum Gasteiger partial charge on any atom is -0.368 e. The summed E-state index contributed by atoms with van der Waals surface area (Å²) < 4.78 is 5.02. The van der Waals surface area contributed by atoms with E-state index in [2.05, 4.69) is 6.08 Å². The predicted octanol–water partition coefficient (Wildman–Crippen LogP) is 1.81. The Morgan fingerprint density at radius 1 is 1.31 bits per heavy atom. The molecule has 2 nitrogen and oxygen atoms in total. The Hall–Kier alpha value is -1.12. The van der Waals surface area contributed by atoms with Gasteiger partial charge in [-0.1, -0.05) is 36.4 Å². The highest BCUT2D eigenvalue weighted by Gasteiger charge is 2.16. The molecule has 2 heteroatoms. The molecule has 1 unspecified atom stereocenters. The molecular weight excluding hydrogens is 164 g/mol. The standard InChI is InChI=1S/C11H12O2/c12-11-7-10(8-13-11)6-9-4-2-1-3-5-9/h1-6,11-12H,7-8H2/b10-6-. The first-order chi connectivity index (χ1) is 6.34. The SMILES string of the molecule is OC1C/C(=C/c2ccccc2)CO1. The lowest BCUT2D eigenvalue weighted by Crippen LogP contribution is -1.99. The van der Waals surface area contributed by atoms with E-state index in [1.54, 1.807) is 0 Å². The molecule has 1 aromatic carbocycles. The number of ether oxygens (including phenoxy) is 1. The van der Waals surface area contributed by atoms with Crippen LogP contribution in [0.3, 0.4) is 0 Å². The van der Waals surface area contributed by atoms with E-state index in [-0.39, 0.29) is 0 Å². The second-order valence-electron chi connectivity index (χ2n) is 3.18. The van der Waals surface area contributed by atoms with Crippen molar-refractivity contribution in [1.82, 2.24) is 0 Å². The molecule has 0 radical (unpaired) electrons. The van der Waals surface area contributed by atoms with Gasteiger partial charge in [0, 0.05) is 6.42 Å². The number of hydrogen-bond acceptors (Lipinski definition) is 2. The zero-order valence-corrected chi connectivity index (χ0v) is 7.31. The maximum Gasteiger partial charge on any atom is 0.158 e. The molecule has 1 heterocycles. The summed E-state index contributed by atoms with van der Waals surface area (Å²) in [5.74, 6) is 0. The molecule has 13 heavy (non-hydrogen) atoms. The Morgan fingerprint density at radius 3 is 2.69 bits per heavy atom. The molecule has 1 fully saturated rings. The van der Waals surface area contributed by atoms with Gasteiger partial charge >= 0.3 is 0 Å². The van der Waals surface area contributed by atoms with Gasteiger partial charge in [-0.05, 0) is 11.1 Å². The first-order valence-corrected chi connectivity index (χ1v) is 4.39. The van der Waals surface area contributed by atoms with E-state index in [1.165, 1.54) is 0 Å². The lowest BCUT2D eigenvalue weighted by atomic mass is 10.1. The molecule has 0 aromatic heterocycles. The Bertz CT molecular complexity index is 303. The largest absolute Gasteiger partial charge is 0.368 e. The zero-order chi connectivity index (χ0) is 9.10. The molecule has 0 amide bonds. The van der Waals surface area contributed by atoms with Gasteiger partial charge in [-0.25, -0.2) is 0 Å². The third kappa shape index (κ3) is 2.17. The maximum absolute atomic E-state index is 9.11. The fraction of sp³-hybridized carbons (Fsp3) is 0.273. The van der Waals surface area contributed by atoms with E-state index in [4.69, 9.17) is 9.84 Å². The van der Waals surface area contributed by atoms with E-state index in [9.17, 15) is 0 Å². The fourth-order valence-corrected chi connectivity index (χ4v) is 1.43. The summed E-state index contributed by atoms with van der Waals surface area (Å²) in [5, 5.41) is 9.11. The molecule has 68 valence electrons. The van der Waals surface area contributed by atoms with Crippen molar-refractivity contribution in [3.63, 3.8) is 0 Å². The monoisotopic (exact) mass is 176 g/mol. The van der Waals surface area contributed by atoms with Gasteiger partial charge in [-0.15, -0.1) is 0 Å². The van der Waals surface area contributed by atoms with E-state index < -0.39 is 6.29 Å². The van der Waals surface area contributed by atoms with E-state index >= 15 is 0 Å². The highest BCUT2D eigenvalue weighted by molar-refractivity contribution is 5.53. The lowest BCUT2D eigenvalue weighted by Gasteiger charge is -1.95. The number of benzene rings is 1. The molecule has 0 spiro atoms. The van der Waals surface area contributed by atoms with Crippen molar-refractivity contribution in [1.29, 1.82) is 0 Å². The van der Waals surface area contributed by atoms with Crippen LogP contribution in [-0.2, 0) is 4.74 Å². The third-order valence-corrected chi connectivity index (χ3v) is 2.07. The molecule has 1 aliphatic rings. The highest BCUT2D eigenvalue weighted by atomic mass is 16.6. The Labute approximate surface area is 77.5 Å². The van der Waals surface area contributed by atoms with Gasteiger partial charge in [0.25, 0.3) is 0 Å². The van der Waals surface area contributed by atoms with Gasteiger partial charge in [-0.2, -0.15) is 0 Å². The quantitative estimate of drug-likeness (QED) is 0.707. The first kappa shape index (κ1) is 8.48. The van der Waals surface area contributed by atoms with Crippen molar-refractivity contribution >= 4 is 6.08 Å². The van der Waals surface area contributed by atoms with Crippen LogP contribution >= 0.6 is 0 Å². The summed E-state index contributed by atoms with van der Waals surface area (Å²) in [7, 11) is 0. The molecule has 0 aliphatic carbocycles. The van der Waals surface area contributed by atoms with Crippen LogP contribution in [0.2, 0.25) is 0 Å². The summed E-state index contributed by atoms with van der Waals surface area (Å²) in [4.78, 5) is 0. The second-order valence-corrected chi connectivity index (χ2v) is 3.18. The van der Waals surface area contributed by atoms with Crippen molar-refractivity contribution in [2.75, 3.05) is 6.61 Å². The van der Waals surface area contributed by atoms with Crippen LogP contribution in [0.25, 0.3) is 6.08 Å². The fourth-order valence-electron chi connectivity index (χ4n) is 1.43. The average Bonchev–Trinajstić information content (AvgIpc) is 2.53. The Balaban J connectivity index is 2.13. The number of aliphatic hydroxyl groups excluding tert-OH is 1. The van der Waals surface area contributed by atoms with E-state index in [0.717, 1.165) is 11.1 Å². The summed E-state index contributed by atoms with van der Waals surface area (Å²) in [6, 6.07) is 10.1. The maximum atomic E-state index is 9.11. The van der Waals surface area contributed by atoms with Crippen molar-refractivity contribution in [2.24, 2.45) is 0 Å². The molecule has 1 aliphatic heterocycles. The van der Waals surface area contributed by atoms with Crippen molar-refractivity contribution in [2.45, 2.75) is 12.7 Å². The Kier molecular flexibility index (Phi) is 2.43. The summed E-state index contributed by atoms with van der Waals surface area (Å²) in [5.41, 5.74) is 2.31. The number of rotatable bonds is 1. The molecule has 1 N–H and O–H groups in total. The van der Waals surface area contributed by atoms with Crippen molar-refractivity contribution < 1.29 is 9.84 Å². The van der Waals surface area contributed by atoms with Gasteiger partial charge < -0.3 is 9.84 Å². The van der Waals surface area contributed by atoms with E-state index in [1.807, 2.05) is 30.3 Å². The van der Waals surface area contributed by atoms with Gasteiger partial charge in [0.05, 0.1) is 6.61 Å². The van der Waals surface area contributed by atoms with Crippen LogP contribution in [0.5, 0.6) is 0 Å². The van der Waals surface area contributed by atoms with Gasteiger partial charge in [0.15, 0.2) is 6.29 Å². The Morgan fingerprint density at radius 2 is 2.08 bits per heavy atom. The topological polar surface area (TPSA) is 29.5 Å². The summed E-state index contributed by atoms with van der Waals surface area (Å²) in [6.07, 6.45) is 2.10. The molecule has 2 rings (SSSR count). The minimum absolute atomic E-state index is 0.552. The van der Waals surface area contributed by atoms with Crippen LogP contribution < -0.4 is 0 Å². The van der Waals surface area contributed by atoms with E-state index in [0.29, 0.717) is 13.0 Å². The molecular formula is C11H12O2. The number of aliphatic hydroxyl groups is 1. The van der Waals surface area contributed by atoms with Crippen molar-refractivity contribution in [3.8, 4) is 0 Å². The molecule has 0 saturated carbocycles. The minimum atomic E-state index is -0.602. The van der Waals surface area contributed by atoms with Crippen LogP contribution in [0.4, 0.5) is 0 Å². The van der Waals surface area contributed by atoms with Crippen LogP contribution in [-0.4, -0.2) is 18.0 Å². The second kappa shape index (κ2) is 3.73. The van der Waals surface area contributed by atoms with Crippen molar-refractivity contribution in [3.05, 3.63) is 41.5 Å². The molecule has 1 aromatic rings. The van der Waals surface area contributed by atoms with Crippen LogP contribution in [0.15, 0.2) is 35.9 Å². The summed E-state index contributed by atoms with van der Waals surface area (Å²) in [6.45, 7) is 0.552. The van der Waals surface area contributed by atoms with Crippen LogP contribution in [0.1, 0.15) is 12.0 Å². The normalized spacial score (nSPS) is 25.3. The third-order valence-electron chi connectivity index (χ3n) is 2.07. The highest BCUT2D eigenvalue weighted by Crippen LogP contribution is 2.19. The zero-order valence-electron chi connectivity index (χ0n) is 7.31. The van der Waals surface area contributed by atoms with Gasteiger partial charge in [0.1, 0.15) is 0 Å². The molecule has 1 saturated heterocycles. The lowest BCUT2D eigenvalue weighted by molar-refractivity contribution is -0.0587. The van der Waals surface area contributed by atoms with Gasteiger partial charge in [0.2, 0.25) is 0 Å². The van der Waals surface area contributed by atoms with Crippen LogP contribution in [0, 0.1) is 0 Å². The number of hydrogen-bond donors (Lipinski definition) is 1. The van der Waals surface area contributed by atoms with Gasteiger partial charge in [-0.3, -0.25) is 0 Å². The average molecular weight is 176 g/mol. The molecule has 0 bridgehead atoms. The first-order valence-electron chi connectivity index (χ1n) is 4.39. The summed E-state index contributed by atoms with van der Waals surface area (Å²) >= 11 is 0.